The van der Waals surface area contributed by atoms with Gasteiger partial charge in [-0.1, -0.05) is 30.3 Å². The number of benzene rings is 3. The molecule has 1 amide bonds. The first-order valence-electron chi connectivity index (χ1n) is 9.78. The molecule has 0 saturated carbocycles. The number of amides is 1. The highest BCUT2D eigenvalue weighted by molar-refractivity contribution is 9.10. The second kappa shape index (κ2) is 10.7. The molecule has 0 spiro atoms. The van der Waals surface area contributed by atoms with Crippen LogP contribution in [0.2, 0.25) is 0 Å². The Hall–Kier alpha value is -2.99. The number of nitrogens with one attached hydrogen (secondary N) is 1. The molecule has 5 nitrogen and oxygen atoms in total. The molecule has 0 radical (unpaired) electrons. The fourth-order valence-electron chi connectivity index (χ4n) is 2.83. The zero-order valence-electron chi connectivity index (χ0n) is 17.0. The summed E-state index contributed by atoms with van der Waals surface area (Å²) in [6.07, 6.45) is 0. The number of carbonyl (C=O) groups excluding carboxylic acids is 1. The first-order chi connectivity index (χ1) is 14.6. The third-order valence-electron chi connectivity index (χ3n) is 4.22. The quantitative estimate of drug-likeness (QED) is 0.412. The summed E-state index contributed by atoms with van der Waals surface area (Å²) in [5.74, 6) is 1.60. The molecule has 0 unspecified atom stereocenters. The number of carbonyl (C=O) groups is 1. The van der Waals surface area contributed by atoms with Crippen molar-refractivity contribution in [1.82, 2.24) is 0 Å². The number of ether oxygens (including phenoxy) is 3. The van der Waals surface area contributed by atoms with Gasteiger partial charge < -0.3 is 19.5 Å². The lowest BCUT2D eigenvalue weighted by molar-refractivity contribution is 0.102. The minimum Gasteiger partial charge on any atom is -0.494 e. The third-order valence-corrected chi connectivity index (χ3v) is 4.81. The van der Waals surface area contributed by atoms with Gasteiger partial charge >= 0.3 is 0 Å². The maximum atomic E-state index is 12.8. The Bertz CT molecular complexity index is 975. The van der Waals surface area contributed by atoms with E-state index >= 15 is 0 Å². The molecule has 0 atom stereocenters. The number of hydrogen-bond acceptors (Lipinski definition) is 4. The normalized spacial score (nSPS) is 10.4. The van der Waals surface area contributed by atoms with E-state index in [4.69, 9.17) is 14.2 Å². The predicted octanol–water partition coefficient (Wildman–Crippen LogP) is 6.08. The Labute approximate surface area is 185 Å². The van der Waals surface area contributed by atoms with E-state index in [1.807, 2.05) is 56.3 Å². The van der Waals surface area contributed by atoms with E-state index in [1.165, 1.54) is 0 Å². The van der Waals surface area contributed by atoms with Crippen LogP contribution < -0.4 is 19.5 Å². The van der Waals surface area contributed by atoms with Gasteiger partial charge in [-0.2, -0.15) is 0 Å². The zero-order valence-corrected chi connectivity index (χ0v) is 18.6. The minimum absolute atomic E-state index is 0.243. The van der Waals surface area contributed by atoms with Crippen molar-refractivity contribution in [1.29, 1.82) is 0 Å². The Morgan fingerprint density at radius 2 is 1.60 bits per heavy atom. The molecule has 156 valence electrons. The van der Waals surface area contributed by atoms with Gasteiger partial charge in [-0.25, -0.2) is 0 Å². The molecule has 0 aromatic heterocycles. The average molecular weight is 470 g/mol. The van der Waals surface area contributed by atoms with Gasteiger partial charge in [0.2, 0.25) is 0 Å². The molecule has 3 aromatic rings. The van der Waals surface area contributed by atoms with Crippen LogP contribution in [0, 0.1) is 0 Å². The van der Waals surface area contributed by atoms with Crippen molar-refractivity contribution >= 4 is 27.5 Å². The van der Waals surface area contributed by atoms with Gasteiger partial charge in [0.05, 0.1) is 17.7 Å². The van der Waals surface area contributed by atoms with Crippen molar-refractivity contribution in [3.05, 3.63) is 82.3 Å². The minimum atomic E-state index is -0.243. The van der Waals surface area contributed by atoms with Gasteiger partial charge in [0, 0.05) is 11.3 Å². The van der Waals surface area contributed by atoms with Crippen LogP contribution in [-0.4, -0.2) is 19.1 Å². The Kier molecular flexibility index (Phi) is 7.74. The second-order valence-corrected chi connectivity index (χ2v) is 7.26. The average Bonchev–Trinajstić information content (AvgIpc) is 2.76. The van der Waals surface area contributed by atoms with E-state index in [1.54, 1.807) is 24.3 Å². The van der Waals surface area contributed by atoms with E-state index in [-0.39, 0.29) is 5.91 Å². The summed E-state index contributed by atoms with van der Waals surface area (Å²) in [6, 6.07) is 20.5. The molecule has 6 heteroatoms. The fourth-order valence-corrected chi connectivity index (χ4v) is 3.39. The molecule has 0 heterocycles. The van der Waals surface area contributed by atoms with Crippen LogP contribution in [0.1, 0.15) is 29.8 Å². The number of hydrogen-bond donors (Lipinski definition) is 1. The van der Waals surface area contributed by atoms with Crippen LogP contribution in [0.5, 0.6) is 17.2 Å². The second-order valence-electron chi connectivity index (χ2n) is 6.40. The lowest BCUT2D eigenvalue weighted by atomic mass is 10.1. The molecular weight excluding hydrogens is 446 g/mol. The van der Waals surface area contributed by atoms with E-state index in [0.29, 0.717) is 47.0 Å². The van der Waals surface area contributed by atoms with E-state index in [0.717, 1.165) is 11.3 Å². The molecule has 3 rings (SSSR count). The Morgan fingerprint density at radius 1 is 0.900 bits per heavy atom. The largest absolute Gasteiger partial charge is 0.494 e. The van der Waals surface area contributed by atoms with E-state index in [2.05, 4.69) is 21.2 Å². The highest BCUT2D eigenvalue weighted by atomic mass is 79.9. The summed E-state index contributed by atoms with van der Waals surface area (Å²) in [5, 5.41) is 2.90. The lowest BCUT2D eigenvalue weighted by Gasteiger charge is -2.15. The van der Waals surface area contributed by atoms with Crippen molar-refractivity contribution in [2.45, 2.75) is 20.5 Å². The first kappa shape index (κ1) is 21.7. The fraction of sp³-hybridized carbons (Fsp3) is 0.208. The summed E-state index contributed by atoms with van der Waals surface area (Å²) in [4.78, 5) is 12.8. The number of halogens is 1. The van der Waals surface area contributed by atoms with Crippen molar-refractivity contribution in [3.63, 3.8) is 0 Å². The van der Waals surface area contributed by atoms with E-state index in [9.17, 15) is 4.79 Å². The van der Waals surface area contributed by atoms with Crippen molar-refractivity contribution in [2.75, 3.05) is 18.5 Å². The van der Waals surface area contributed by atoms with Crippen molar-refractivity contribution in [3.8, 4) is 17.2 Å². The van der Waals surface area contributed by atoms with Gasteiger partial charge in [-0.3, -0.25) is 4.79 Å². The number of rotatable bonds is 9. The van der Waals surface area contributed by atoms with Gasteiger partial charge in [-0.05, 0) is 71.7 Å². The van der Waals surface area contributed by atoms with Gasteiger partial charge in [0.15, 0.2) is 11.5 Å². The van der Waals surface area contributed by atoms with Crippen LogP contribution in [0.25, 0.3) is 0 Å². The summed E-state index contributed by atoms with van der Waals surface area (Å²) < 4.78 is 17.8. The third kappa shape index (κ3) is 5.76. The van der Waals surface area contributed by atoms with Crippen LogP contribution in [-0.2, 0) is 6.61 Å². The monoisotopic (exact) mass is 469 g/mol. The predicted molar refractivity (Wildman–Crippen MR) is 122 cm³/mol. The van der Waals surface area contributed by atoms with Gasteiger partial charge in [0.25, 0.3) is 5.91 Å². The molecule has 0 aliphatic carbocycles. The highest BCUT2D eigenvalue weighted by Gasteiger charge is 2.16. The molecule has 0 saturated heterocycles. The first-order valence-corrected chi connectivity index (χ1v) is 10.6. The van der Waals surface area contributed by atoms with Gasteiger partial charge in [-0.15, -0.1) is 0 Å². The highest BCUT2D eigenvalue weighted by Crippen LogP contribution is 2.37. The maximum absolute atomic E-state index is 12.8. The lowest BCUT2D eigenvalue weighted by Crippen LogP contribution is -2.12. The molecule has 0 fully saturated rings. The van der Waals surface area contributed by atoms with Crippen molar-refractivity contribution < 1.29 is 19.0 Å². The SMILES string of the molecule is CCOc1ccc(NC(=O)c2cc(Br)c(OCC)c(OCc3ccccc3)c2)cc1. The molecule has 0 aliphatic rings. The van der Waals surface area contributed by atoms with Crippen molar-refractivity contribution in [2.24, 2.45) is 0 Å². The zero-order chi connectivity index (χ0) is 21.3. The van der Waals surface area contributed by atoms with Crippen LogP contribution in [0.15, 0.2) is 71.2 Å². The molecule has 30 heavy (non-hydrogen) atoms. The Morgan fingerprint density at radius 3 is 2.27 bits per heavy atom. The summed E-state index contributed by atoms with van der Waals surface area (Å²) >= 11 is 3.50. The molecule has 0 bridgehead atoms. The Balaban J connectivity index is 1.79. The smallest absolute Gasteiger partial charge is 0.255 e. The summed E-state index contributed by atoms with van der Waals surface area (Å²) in [5.41, 5.74) is 2.17. The summed E-state index contributed by atoms with van der Waals surface area (Å²) in [6.45, 7) is 5.28. The standard InChI is InChI=1S/C24H24BrNO4/c1-3-28-20-12-10-19(11-13-20)26-24(27)18-14-21(25)23(29-4-2)22(15-18)30-16-17-8-6-5-7-9-17/h5-15H,3-4,16H2,1-2H3,(H,26,27). The van der Waals surface area contributed by atoms with Crippen LogP contribution >= 0.6 is 15.9 Å². The summed E-state index contributed by atoms with van der Waals surface area (Å²) in [7, 11) is 0. The molecule has 0 aliphatic heterocycles. The van der Waals surface area contributed by atoms with Gasteiger partial charge in [0.1, 0.15) is 12.4 Å². The van der Waals surface area contributed by atoms with E-state index < -0.39 is 0 Å². The van der Waals surface area contributed by atoms with Crippen LogP contribution in [0.4, 0.5) is 5.69 Å². The molecular formula is C24H24BrNO4. The topological polar surface area (TPSA) is 56.8 Å². The maximum Gasteiger partial charge on any atom is 0.255 e. The molecule has 1 N–H and O–H groups in total. The molecule has 3 aromatic carbocycles. The number of anilines is 1. The van der Waals surface area contributed by atoms with Crippen LogP contribution in [0.3, 0.4) is 0 Å².